The lowest BCUT2D eigenvalue weighted by Crippen LogP contribution is -2.29. The molecule has 0 aromatic heterocycles. The lowest BCUT2D eigenvalue weighted by Gasteiger charge is -2.19. The fraction of sp³-hybridized carbons (Fsp3) is 0.721. The summed E-state index contributed by atoms with van der Waals surface area (Å²) in [6.45, 7) is 3.49. The molecule has 3 atom stereocenters. The van der Waals surface area contributed by atoms with Gasteiger partial charge in [0.25, 0.3) is 0 Å². The minimum atomic E-state index is -4.40. The van der Waals surface area contributed by atoms with Crippen LogP contribution in [0.1, 0.15) is 162 Å². The lowest BCUT2D eigenvalue weighted by molar-refractivity contribution is -0.161. The van der Waals surface area contributed by atoms with E-state index in [-0.39, 0.29) is 38.7 Å². The van der Waals surface area contributed by atoms with Crippen molar-refractivity contribution in [3.63, 3.8) is 0 Å². The number of carbonyl (C=O) groups excluding carboxylic acids is 2. The number of ether oxygens (including phenoxy) is 2. The third kappa shape index (κ3) is 38.0. The molecule has 0 spiro atoms. The standard InChI is InChI=1S/C43H76NO9P/c1-3-5-7-8-9-10-11-12-13-14-17-20-23-26-30-34-42(46)50-38-41(39-52-54(48,49)51-37-36-44)53-43(47)35-31-27-24-21-18-15-16-19-22-25-29-33-40(45)32-28-6-4-2/h10-11,15-16,21-22,24-25,29,33,40-41,45H,3-9,12-14,17-20,23,26-28,30-32,34-39,44H2,1-2H3,(H,48,49)/b11-10-,16-15-,24-21-,25-22-,33-29+/t40-,41+/m0/s1. The topological polar surface area (TPSA) is 155 Å². The van der Waals surface area contributed by atoms with Crippen molar-refractivity contribution in [1.29, 1.82) is 0 Å². The van der Waals surface area contributed by atoms with E-state index in [4.69, 9.17) is 24.3 Å². The Labute approximate surface area is 328 Å². The number of phosphoric acid groups is 1. The molecule has 4 N–H and O–H groups in total. The van der Waals surface area contributed by atoms with E-state index >= 15 is 0 Å². The van der Waals surface area contributed by atoms with Gasteiger partial charge in [0.05, 0.1) is 19.3 Å². The highest BCUT2D eigenvalue weighted by molar-refractivity contribution is 7.47. The number of unbranched alkanes of at least 4 members (excludes halogenated alkanes) is 14. The van der Waals surface area contributed by atoms with Gasteiger partial charge < -0.3 is 25.2 Å². The molecule has 11 heteroatoms. The zero-order chi connectivity index (χ0) is 39.8. The van der Waals surface area contributed by atoms with Crippen LogP contribution in [0, 0.1) is 0 Å². The van der Waals surface area contributed by atoms with Gasteiger partial charge in [-0.05, 0) is 64.2 Å². The Morgan fingerprint density at radius 3 is 1.89 bits per heavy atom. The Bertz CT molecular complexity index is 1090. The molecule has 0 saturated carbocycles. The van der Waals surface area contributed by atoms with E-state index in [1.165, 1.54) is 51.4 Å². The molecular formula is C43H76NO9P. The predicted octanol–water partition coefficient (Wildman–Crippen LogP) is 10.7. The van der Waals surface area contributed by atoms with E-state index in [0.717, 1.165) is 64.2 Å². The Hall–Kier alpha value is -2.33. The summed E-state index contributed by atoms with van der Waals surface area (Å²) in [5.41, 5.74) is 5.33. The summed E-state index contributed by atoms with van der Waals surface area (Å²) >= 11 is 0. The van der Waals surface area contributed by atoms with Crippen LogP contribution in [0.25, 0.3) is 0 Å². The summed E-state index contributed by atoms with van der Waals surface area (Å²) in [4.78, 5) is 34.8. The highest BCUT2D eigenvalue weighted by Gasteiger charge is 2.25. The van der Waals surface area contributed by atoms with Gasteiger partial charge in [0.1, 0.15) is 6.61 Å². The summed E-state index contributed by atoms with van der Waals surface area (Å²) in [6, 6.07) is 0. The number of phosphoric ester groups is 1. The first-order chi connectivity index (χ1) is 26.2. The molecule has 0 aliphatic carbocycles. The summed E-state index contributed by atoms with van der Waals surface area (Å²) in [5.74, 6) is -0.930. The van der Waals surface area contributed by atoms with Crippen LogP contribution >= 0.6 is 7.82 Å². The first kappa shape index (κ1) is 51.7. The third-order valence-corrected chi connectivity index (χ3v) is 9.46. The number of carbonyl (C=O) groups is 2. The van der Waals surface area contributed by atoms with Crippen molar-refractivity contribution in [3.05, 3.63) is 60.8 Å². The molecule has 0 amide bonds. The largest absolute Gasteiger partial charge is 0.472 e. The molecule has 1 unspecified atom stereocenters. The maximum atomic E-state index is 12.5. The maximum Gasteiger partial charge on any atom is 0.472 e. The molecule has 0 bridgehead atoms. The molecule has 10 nitrogen and oxygen atoms in total. The van der Waals surface area contributed by atoms with Crippen molar-refractivity contribution in [2.24, 2.45) is 5.73 Å². The first-order valence-corrected chi connectivity index (χ1v) is 22.4. The molecule has 0 saturated heterocycles. The van der Waals surface area contributed by atoms with Crippen LogP contribution in [-0.2, 0) is 32.7 Å². The molecule has 0 heterocycles. The van der Waals surface area contributed by atoms with Crippen molar-refractivity contribution in [3.8, 4) is 0 Å². The summed E-state index contributed by atoms with van der Waals surface area (Å²) in [5, 5.41) is 9.89. The zero-order valence-corrected chi connectivity index (χ0v) is 34.7. The van der Waals surface area contributed by atoms with Gasteiger partial charge in [0, 0.05) is 19.4 Å². The smallest absolute Gasteiger partial charge is 0.462 e. The average molecular weight is 782 g/mol. The monoisotopic (exact) mass is 782 g/mol. The number of esters is 2. The van der Waals surface area contributed by atoms with E-state index in [1.807, 2.05) is 36.5 Å². The zero-order valence-electron chi connectivity index (χ0n) is 33.8. The van der Waals surface area contributed by atoms with E-state index in [0.29, 0.717) is 19.3 Å². The SMILES string of the molecule is CCCCCC/C=C\CCCCCCCCCC(=O)OC[C@H](COP(=O)(O)OCCN)OC(=O)CCC/C=C\C/C=C\C/C=C\C=C\[C@@H](O)CCCCC. The Balaban J connectivity index is 4.34. The van der Waals surface area contributed by atoms with Crippen LogP contribution in [0.15, 0.2) is 60.8 Å². The Kier molecular flexibility index (Phi) is 37.2. The fourth-order valence-corrected chi connectivity index (χ4v) is 6.08. The first-order valence-electron chi connectivity index (χ1n) is 20.9. The second kappa shape index (κ2) is 38.9. The van der Waals surface area contributed by atoms with Gasteiger partial charge in [0.2, 0.25) is 0 Å². The molecule has 0 aromatic rings. The van der Waals surface area contributed by atoms with E-state index in [1.54, 1.807) is 0 Å². The van der Waals surface area contributed by atoms with Crippen LogP contribution in [0.3, 0.4) is 0 Å². The highest BCUT2D eigenvalue weighted by Crippen LogP contribution is 2.43. The predicted molar refractivity (Wildman–Crippen MR) is 221 cm³/mol. The number of aliphatic hydroxyl groups is 1. The third-order valence-electron chi connectivity index (χ3n) is 8.48. The van der Waals surface area contributed by atoms with Crippen molar-refractivity contribution in [1.82, 2.24) is 0 Å². The molecule has 0 fully saturated rings. The summed E-state index contributed by atoms with van der Waals surface area (Å²) in [6.07, 6.45) is 41.5. The quantitative estimate of drug-likeness (QED) is 0.0181. The maximum absolute atomic E-state index is 12.5. The number of allylic oxidation sites excluding steroid dienone is 9. The number of rotatable bonds is 38. The van der Waals surface area contributed by atoms with Crippen molar-refractivity contribution >= 4 is 19.8 Å². The number of hydrogen-bond acceptors (Lipinski definition) is 9. The number of nitrogens with two attached hydrogens (primary N) is 1. The fourth-order valence-electron chi connectivity index (χ4n) is 5.32. The van der Waals surface area contributed by atoms with Crippen LogP contribution in [0.4, 0.5) is 0 Å². The normalized spacial score (nSPS) is 14.5. The highest BCUT2D eigenvalue weighted by atomic mass is 31.2. The Morgan fingerprint density at radius 1 is 0.648 bits per heavy atom. The van der Waals surface area contributed by atoms with E-state index < -0.39 is 32.5 Å². The van der Waals surface area contributed by atoms with Crippen LogP contribution in [-0.4, -0.2) is 60.5 Å². The number of aliphatic hydroxyl groups excluding tert-OH is 1. The summed E-state index contributed by atoms with van der Waals surface area (Å²) < 4.78 is 32.6. The van der Waals surface area contributed by atoms with Crippen LogP contribution in [0.5, 0.6) is 0 Å². The van der Waals surface area contributed by atoms with Gasteiger partial charge in [-0.15, -0.1) is 0 Å². The molecule has 312 valence electrons. The van der Waals surface area contributed by atoms with E-state index in [9.17, 15) is 24.2 Å². The molecule has 0 aliphatic rings. The second-order valence-electron chi connectivity index (χ2n) is 13.7. The van der Waals surface area contributed by atoms with Crippen molar-refractivity contribution in [2.75, 3.05) is 26.4 Å². The van der Waals surface area contributed by atoms with Gasteiger partial charge >= 0.3 is 19.8 Å². The van der Waals surface area contributed by atoms with Crippen LogP contribution in [0.2, 0.25) is 0 Å². The van der Waals surface area contributed by atoms with Gasteiger partial charge in [-0.3, -0.25) is 18.6 Å². The lowest BCUT2D eigenvalue weighted by atomic mass is 10.1. The average Bonchev–Trinajstić information content (AvgIpc) is 3.15. The van der Waals surface area contributed by atoms with Gasteiger partial charge in [-0.2, -0.15) is 0 Å². The minimum Gasteiger partial charge on any atom is -0.462 e. The van der Waals surface area contributed by atoms with Gasteiger partial charge in [-0.1, -0.05) is 145 Å². The number of hydrogen-bond donors (Lipinski definition) is 3. The molecule has 0 radical (unpaired) electrons. The molecule has 0 rings (SSSR count). The van der Waals surface area contributed by atoms with Crippen molar-refractivity contribution < 1.29 is 42.7 Å². The molecular weight excluding hydrogens is 705 g/mol. The molecule has 0 aliphatic heterocycles. The molecule has 0 aromatic carbocycles. The second-order valence-corrected chi connectivity index (χ2v) is 15.2. The summed E-state index contributed by atoms with van der Waals surface area (Å²) in [7, 11) is -4.40. The Morgan fingerprint density at radius 2 is 1.20 bits per heavy atom. The minimum absolute atomic E-state index is 0.0343. The van der Waals surface area contributed by atoms with Gasteiger partial charge in [-0.25, -0.2) is 4.57 Å². The van der Waals surface area contributed by atoms with Gasteiger partial charge in [0.15, 0.2) is 6.10 Å². The van der Waals surface area contributed by atoms with Crippen LogP contribution < -0.4 is 5.73 Å². The van der Waals surface area contributed by atoms with Crippen molar-refractivity contribution in [2.45, 2.75) is 174 Å². The van der Waals surface area contributed by atoms with E-state index in [2.05, 4.69) is 38.2 Å². The molecule has 54 heavy (non-hydrogen) atoms.